The van der Waals surface area contributed by atoms with E-state index in [-0.39, 0.29) is 17.4 Å². The molecule has 0 unspecified atom stereocenters. The summed E-state index contributed by atoms with van der Waals surface area (Å²) in [5.41, 5.74) is 1.74. The Morgan fingerprint density at radius 2 is 2.04 bits per heavy atom. The number of amides is 1. The Labute approximate surface area is 142 Å². The zero-order valence-electron chi connectivity index (χ0n) is 13.2. The highest BCUT2D eigenvalue weighted by Gasteiger charge is 2.25. The van der Waals surface area contributed by atoms with Crippen LogP contribution in [0.4, 0.5) is 8.78 Å². The van der Waals surface area contributed by atoms with Gasteiger partial charge in [-0.3, -0.25) is 9.89 Å². The molecule has 1 heterocycles. The molecule has 1 fully saturated rings. The van der Waals surface area contributed by atoms with Crippen molar-refractivity contribution in [3.8, 4) is 0 Å². The van der Waals surface area contributed by atoms with E-state index >= 15 is 0 Å². The number of rotatable bonds is 4. The smallest absolute Gasteiger partial charge is 0.254 e. The first-order chi connectivity index (χ1) is 12.1. The monoisotopic (exact) mass is 339 g/mol. The lowest BCUT2D eigenvalue weighted by atomic mass is 10.1. The molecule has 0 radical (unpaired) electrons. The van der Waals surface area contributed by atoms with Gasteiger partial charge in [0.15, 0.2) is 0 Å². The van der Waals surface area contributed by atoms with Gasteiger partial charge in [-0.1, -0.05) is 18.2 Å². The predicted molar refractivity (Wildman–Crippen MR) is 91.9 cm³/mol. The molecule has 2 aromatic carbocycles. The second-order valence-electron chi connectivity index (χ2n) is 6.12. The van der Waals surface area contributed by atoms with E-state index < -0.39 is 11.7 Å². The maximum absolute atomic E-state index is 14.2. The number of nitrogens with zero attached hydrogens (tertiary/aromatic N) is 1. The number of hydrogen-bond acceptors (Lipinski definition) is 2. The van der Waals surface area contributed by atoms with Gasteiger partial charge in [0.2, 0.25) is 0 Å². The van der Waals surface area contributed by atoms with E-state index in [0.29, 0.717) is 22.2 Å². The molecule has 126 valence electrons. The summed E-state index contributed by atoms with van der Waals surface area (Å²) in [6, 6.07) is 9.07. The highest BCUT2D eigenvalue weighted by atomic mass is 19.1. The first kappa shape index (κ1) is 15.5. The van der Waals surface area contributed by atoms with Crippen LogP contribution in [0.1, 0.15) is 34.5 Å². The van der Waals surface area contributed by atoms with E-state index in [1.165, 1.54) is 24.3 Å². The van der Waals surface area contributed by atoms with Crippen molar-refractivity contribution in [1.82, 2.24) is 15.5 Å². The van der Waals surface area contributed by atoms with E-state index in [1.54, 1.807) is 24.3 Å². The summed E-state index contributed by atoms with van der Waals surface area (Å²) in [6.45, 7) is 0. The summed E-state index contributed by atoms with van der Waals surface area (Å²) in [7, 11) is 0. The molecule has 25 heavy (non-hydrogen) atoms. The molecule has 0 aliphatic heterocycles. The molecule has 4 nitrogen and oxygen atoms in total. The predicted octanol–water partition coefficient (Wildman–Crippen LogP) is 3.90. The minimum absolute atomic E-state index is 0.00112. The number of carbonyl (C=O) groups excluding carboxylic acids is 1. The lowest BCUT2D eigenvalue weighted by Crippen LogP contribution is -2.26. The third kappa shape index (κ3) is 3.28. The summed E-state index contributed by atoms with van der Waals surface area (Å²) in [5.74, 6) is -1.33. The van der Waals surface area contributed by atoms with Gasteiger partial charge in [-0.2, -0.15) is 5.10 Å². The molecule has 1 amide bonds. The minimum Gasteiger partial charge on any atom is -0.349 e. The number of H-pyrrole nitrogens is 1. The molecular weight excluding hydrogens is 324 g/mol. The zero-order valence-corrected chi connectivity index (χ0v) is 13.2. The molecule has 0 saturated heterocycles. The largest absolute Gasteiger partial charge is 0.349 e. The second-order valence-corrected chi connectivity index (χ2v) is 6.12. The molecule has 4 rings (SSSR count). The molecule has 3 aromatic rings. The van der Waals surface area contributed by atoms with Crippen LogP contribution in [0.15, 0.2) is 36.4 Å². The molecule has 1 saturated carbocycles. The van der Waals surface area contributed by atoms with E-state index in [2.05, 4.69) is 15.5 Å². The second kappa shape index (κ2) is 6.12. The molecule has 2 N–H and O–H groups in total. The van der Waals surface area contributed by atoms with Gasteiger partial charge in [0.05, 0.1) is 16.8 Å². The van der Waals surface area contributed by atoms with Crippen molar-refractivity contribution in [2.24, 2.45) is 0 Å². The van der Waals surface area contributed by atoms with Crippen LogP contribution in [-0.2, 0) is 0 Å². The molecule has 1 aliphatic rings. The average molecular weight is 339 g/mol. The van der Waals surface area contributed by atoms with Gasteiger partial charge in [-0.25, -0.2) is 8.78 Å². The summed E-state index contributed by atoms with van der Waals surface area (Å²) in [4.78, 5) is 12.2. The fraction of sp³-hybridized carbons (Fsp3) is 0.158. The lowest BCUT2D eigenvalue weighted by Gasteiger charge is -2.05. The van der Waals surface area contributed by atoms with E-state index in [4.69, 9.17) is 0 Å². The van der Waals surface area contributed by atoms with Crippen LogP contribution in [0.5, 0.6) is 0 Å². The third-order valence-corrected chi connectivity index (χ3v) is 4.12. The highest BCUT2D eigenvalue weighted by Crippen LogP contribution is 2.24. The summed E-state index contributed by atoms with van der Waals surface area (Å²) >= 11 is 0. The number of nitrogens with one attached hydrogen (secondary N) is 2. The SMILES string of the molecule is O=C(NC1CC1)c1cc2c(/C=C/c3cccc(F)c3)n[nH]c2cc1F. The molecule has 1 aliphatic carbocycles. The average Bonchev–Trinajstić information content (AvgIpc) is 3.31. The summed E-state index contributed by atoms with van der Waals surface area (Å²) in [6.07, 6.45) is 5.28. The number of carbonyl (C=O) groups is 1. The first-order valence-electron chi connectivity index (χ1n) is 8.02. The van der Waals surface area contributed by atoms with Crippen LogP contribution in [-0.4, -0.2) is 22.1 Å². The number of aromatic nitrogens is 2. The molecule has 6 heteroatoms. The molecular formula is C19H15F2N3O. The van der Waals surface area contributed by atoms with Crippen molar-refractivity contribution in [2.75, 3.05) is 0 Å². The van der Waals surface area contributed by atoms with Crippen molar-refractivity contribution < 1.29 is 13.6 Å². The topological polar surface area (TPSA) is 57.8 Å². The van der Waals surface area contributed by atoms with Gasteiger partial charge in [0, 0.05) is 17.5 Å². The number of halogens is 2. The Balaban J connectivity index is 1.68. The Bertz CT molecular complexity index is 989. The number of fused-ring (bicyclic) bond motifs is 1. The van der Waals surface area contributed by atoms with Crippen LogP contribution in [0.3, 0.4) is 0 Å². The summed E-state index contributed by atoms with van der Waals surface area (Å²) < 4.78 is 27.4. The van der Waals surface area contributed by atoms with Crippen molar-refractivity contribution in [2.45, 2.75) is 18.9 Å². The Hall–Kier alpha value is -3.02. The Morgan fingerprint density at radius 1 is 1.20 bits per heavy atom. The van der Waals surface area contributed by atoms with Gasteiger partial charge in [-0.05, 0) is 42.7 Å². The van der Waals surface area contributed by atoms with Gasteiger partial charge in [-0.15, -0.1) is 0 Å². The maximum atomic E-state index is 14.2. The van der Waals surface area contributed by atoms with Crippen LogP contribution in [0.2, 0.25) is 0 Å². The molecule has 0 atom stereocenters. The van der Waals surface area contributed by atoms with Crippen LogP contribution in [0.25, 0.3) is 23.1 Å². The number of benzene rings is 2. The summed E-state index contributed by atoms with van der Waals surface area (Å²) in [5, 5.41) is 10.3. The van der Waals surface area contributed by atoms with Crippen molar-refractivity contribution in [1.29, 1.82) is 0 Å². The van der Waals surface area contributed by atoms with E-state index in [9.17, 15) is 13.6 Å². The Morgan fingerprint density at radius 3 is 2.80 bits per heavy atom. The van der Waals surface area contributed by atoms with Crippen LogP contribution >= 0.6 is 0 Å². The molecule has 0 spiro atoms. The van der Waals surface area contributed by atoms with Gasteiger partial charge in [0.1, 0.15) is 11.6 Å². The van der Waals surface area contributed by atoms with E-state index in [1.807, 2.05) is 0 Å². The fourth-order valence-corrected chi connectivity index (χ4v) is 2.64. The van der Waals surface area contributed by atoms with Gasteiger partial charge in [0.25, 0.3) is 5.91 Å². The van der Waals surface area contributed by atoms with Crippen molar-refractivity contribution in [3.05, 3.63) is 64.9 Å². The van der Waals surface area contributed by atoms with Crippen LogP contribution < -0.4 is 5.32 Å². The minimum atomic E-state index is -0.588. The van der Waals surface area contributed by atoms with Crippen molar-refractivity contribution >= 4 is 29.0 Å². The maximum Gasteiger partial charge on any atom is 0.254 e. The van der Waals surface area contributed by atoms with Crippen LogP contribution in [0, 0.1) is 11.6 Å². The van der Waals surface area contributed by atoms with Crippen molar-refractivity contribution in [3.63, 3.8) is 0 Å². The number of hydrogen-bond donors (Lipinski definition) is 2. The third-order valence-electron chi connectivity index (χ3n) is 4.12. The normalized spacial score (nSPS) is 14.3. The number of aromatic amines is 1. The van der Waals surface area contributed by atoms with E-state index in [0.717, 1.165) is 12.8 Å². The first-order valence-corrected chi connectivity index (χ1v) is 8.02. The zero-order chi connectivity index (χ0) is 17.4. The Kier molecular flexibility index (Phi) is 3.80. The standard InChI is InChI=1S/C19H15F2N3O/c20-12-3-1-2-11(8-12)4-7-17-15-9-14(19(25)22-13-5-6-13)16(21)10-18(15)24-23-17/h1-4,7-10,13H,5-6H2,(H,22,25)(H,23,24)/b7-4+. The fourth-order valence-electron chi connectivity index (χ4n) is 2.64. The molecule has 0 bridgehead atoms. The lowest BCUT2D eigenvalue weighted by molar-refractivity contribution is 0.0947. The highest BCUT2D eigenvalue weighted by molar-refractivity contribution is 6.00. The molecule has 1 aromatic heterocycles. The van der Waals surface area contributed by atoms with Gasteiger partial charge >= 0.3 is 0 Å². The quantitative estimate of drug-likeness (QED) is 0.757. The van der Waals surface area contributed by atoms with Gasteiger partial charge < -0.3 is 5.32 Å².